The van der Waals surface area contributed by atoms with Crippen molar-refractivity contribution in [3.05, 3.63) is 12.3 Å². The van der Waals surface area contributed by atoms with Gasteiger partial charge in [0.2, 0.25) is 0 Å². The van der Waals surface area contributed by atoms with Crippen LogP contribution in [0.2, 0.25) is 0 Å². The van der Waals surface area contributed by atoms with Crippen LogP contribution in [-0.2, 0) is 4.43 Å². The van der Waals surface area contributed by atoms with Crippen molar-refractivity contribution in [3.63, 3.8) is 0 Å². The van der Waals surface area contributed by atoms with E-state index in [0.29, 0.717) is 0 Å². The van der Waals surface area contributed by atoms with Crippen molar-refractivity contribution in [3.8, 4) is 0 Å². The second-order valence-electron chi connectivity index (χ2n) is 1.03. The van der Waals surface area contributed by atoms with Crippen molar-refractivity contribution in [1.82, 2.24) is 0 Å². The number of hydrogen-bond acceptors (Lipinski definition) is 1. The van der Waals surface area contributed by atoms with Gasteiger partial charge in [-0.25, -0.2) is 0 Å². The quantitative estimate of drug-likeness (QED) is 0.370. The molecule has 0 aromatic rings. The van der Waals surface area contributed by atoms with Crippen LogP contribution >= 0.6 is 33.2 Å². The molecule has 0 aromatic carbocycles. The van der Waals surface area contributed by atoms with Gasteiger partial charge in [0.05, 0.1) is 6.26 Å². The normalized spacial score (nSPS) is 12.5. The lowest BCUT2D eigenvalue weighted by molar-refractivity contribution is 0.514. The van der Waals surface area contributed by atoms with Crippen LogP contribution in [0.25, 0.3) is 0 Å². The first kappa shape index (κ1) is 8.63. The molecule has 0 N–H and O–H groups in total. The van der Waals surface area contributed by atoms with Gasteiger partial charge >= 0.3 is 6.25 Å². The Kier molecular flexibility index (Phi) is 3.90. The van der Waals surface area contributed by atoms with Crippen LogP contribution in [-0.4, -0.2) is 6.25 Å². The van der Waals surface area contributed by atoms with Crippen molar-refractivity contribution < 1.29 is 4.43 Å². The van der Waals surface area contributed by atoms with Gasteiger partial charge in [0.15, 0.2) is 0 Å². The summed E-state index contributed by atoms with van der Waals surface area (Å²) in [5.74, 6) is 0. The fourth-order valence-electron chi connectivity index (χ4n) is 0.145. The molecule has 5 heteroatoms. The van der Waals surface area contributed by atoms with Gasteiger partial charge in [0, 0.05) is 0 Å². The lowest BCUT2D eigenvalue weighted by Crippen LogP contribution is -2.10. The molecule has 1 nitrogen and oxygen atoms in total. The summed E-state index contributed by atoms with van der Waals surface area (Å²) in [6.45, 7) is 1.78. The van der Waals surface area contributed by atoms with Crippen LogP contribution in [0, 0.1) is 0 Å². The van der Waals surface area contributed by atoms with Crippen LogP contribution in [0.15, 0.2) is 12.3 Å². The zero-order valence-corrected chi connectivity index (χ0v) is 7.46. The highest BCUT2D eigenvalue weighted by Gasteiger charge is 2.27. The fourth-order valence-corrected chi connectivity index (χ4v) is 0.898. The molecule has 0 saturated carbocycles. The molecule has 48 valence electrons. The molecule has 0 bridgehead atoms. The predicted molar refractivity (Wildman–Crippen MR) is 39.2 cm³/mol. The number of halogens is 3. The molecular weight excluding hydrogens is 186 g/mol. The standard InChI is InChI=1S/C3H5Cl3OSi/c1-2-3-7-8(4,5)6/h2-3H,1H3/b3-2-. The first-order chi connectivity index (χ1) is 3.56. The average Bonchev–Trinajstić information content (AvgIpc) is 1.59. The SMILES string of the molecule is C/C=C\O[Si](Cl)(Cl)Cl. The summed E-state index contributed by atoms with van der Waals surface area (Å²) in [7, 11) is 0. The highest BCUT2D eigenvalue weighted by atomic mass is 35.8. The third-order valence-electron chi connectivity index (χ3n) is 0.338. The van der Waals surface area contributed by atoms with Gasteiger partial charge in [-0.1, -0.05) is 39.3 Å². The second-order valence-corrected chi connectivity index (χ2v) is 8.69. The molecule has 0 rings (SSSR count). The Balaban J connectivity index is 3.39. The third kappa shape index (κ3) is 6.63. The van der Waals surface area contributed by atoms with E-state index in [1.165, 1.54) is 6.26 Å². The molecule has 0 spiro atoms. The van der Waals surface area contributed by atoms with E-state index < -0.39 is 6.25 Å². The maximum Gasteiger partial charge on any atom is 0.555 e. The van der Waals surface area contributed by atoms with Crippen LogP contribution in [0.5, 0.6) is 0 Å². The highest BCUT2D eigenvalue weighted by Crippen LogP contribution is 2.20. The van der Waals surface area contributed by atoms with Gasteiger partial charge in [0.25, 0.3) is 0 Å². The van der Waals surface area contributed by atoms with Crippen molar-refractivity contribution in [2.24, 2.45) is 0 Å². The Morgan fingerprint density at radius 1 is 1.38 bits per heavy atom. The molecular formula is C3H5Cl3OSi. The van der Waals surface area contributed by atoms with E-state index in [0.717, 1.165) is 0 Å². The second kappa shape index (κ2) is 3.61. The molecule has 8 heavy (non-hydrogen) atoms. The summed E-state index contributed by atoms with van der Waals surface area (Å²) in [6, 6.07) is 0. The van der Waals surface area contributed by atoms with E-state index in [1.54, 1.807) is 13.0 Å². The monoisotopic (exact) mass is 190 g/mol. The van der Waals surface area contributed by atoms with Crippen LogP contribution in [0.3, 0.4) is 0 Å². The van der Waals surface area contributed by atoms with Gasteiger partial charge in [-0.2, -0.15) is 0 Å². The van der Waals surface area contributed by atoms with E-state index in [9.17, 15) is 0 Å². The molecule has 0 amide bonds. The van der Waals surface area contributed by atoms with E-state index in [4.69, 9.17) is 33.2 Å². The smallest absolute Gasteiger partial charge is 0.515 e. The van der Waals surface area contributed by atoms with E-state index in [1.807, 2.05) is 0 Å². The van der Waals surface area contributed by atoms with Gasteiger partial charge in [0.1, 0.15) is 0 Å². The molecule has 0 aliphatic rings. The fraction of sp³-hybridized carbons (Fsp3) is 0.333. The van der Waals surface area contributed by atoms with Crippen LogP contribution in [0.4, 0.5) is 0 Å². The number of allylic oxidation sites excluding steroid dienone is 1. The van der Waals surface area contributed by atoms with Gasteiger partial charge in [-0.05, 0) is 6.92 Å². The molecule has 0 fully saturated rings. The Morgan fingerprint density at radius 2 is 1.88 bits per heavy atom. The molecule has 0 aromatic heterocycles. The van der Waals surface area contributed by atoms with Gasteiger partial charge in [-0.3, -0.25) is 0 Å². The van der Waals surface area contributed by atoms with Crippen molar-refractivity contribution in [2.45, 2.75) is 6.92 Å². The van der Waals surface area contributed by atoms with Crippen molar-refractivity contribution in [1.29, 1.82) is 0 Å². The minimum atomic E-state index is -2.85. The topological polar surface area (TPSA) is 9.23 Å². The lowest BCUT2D eigenvalue weighted by atomic mass is 10.8. The molecule has 0 aliphatic carbocycles. The summed E-state index contributed by atoms with van der Waals surface area (Å²) in [5, 5.41) is 0. The van der Waals surface area contributed by atoms with Crippen LogP contribution in [0.1, 0.15) is 6.92 Å². The highest BCUT2D eigenvalue weighted by molar-refractivity contribution is 7.62. The summed E-state index contributed by atoms with van der Waals surface area (Å²) in [4.78, 5) is 0. The predicted octanol–water partition coefficient (Wildman–Crippen LogP) is 2.69. The summed E-state index contributed by atoms with van der Waals surface area (Å²) in [6.07, 6.45) is 0.188. The van der Waals surface area contributed by atoms with E-state index in [-0.39, 0.29) is 0 Å². The Morgan fingerprint density at radius 3 is 2.00 bits per heavy atom. The van der Waals surface area contributed by atoms with E-state index >= 15 is 0 Å². The molecule has 0 radical (unpaired) electrons. The van der Waals surface area contributed by atoms with Gasteiger partial charge in [-0.15, -0.1) is 0 Å². The summed E-state index contributed by atoms with van der Waals surface area (Å²) < 4.78 is 4.63. The molecule has 0 unspecified atom stereocenters. The van der Waals surface area contributed by atoms with Crippen LogP contribution < -0.4 is 0 Å². The van der Waals surface area contributed by atoms with Crippen molar-refractivity contribution >= 4 is 39.5 Å². The minimum Gasteiger partial charge on any atom is -0.515 e. The summed E-state index contributed by atoms with van der Waals surface area (Å²) in [5.41, 5.74) is 0. The Hall–Kier alpha value is 0.627. The Labute approximate surface area is 63.4 Å². The van der Waals surface area contributed by atoms with E-state index in [2.05, 4.69) is 4.43 Å². The summed E-state index contributed by atoms with van der Waals surface area (Å²) >= 11 is 15.9. The number of rotatable bonds is 2. The average molecular weight is 192 g/mol. The minimum absolute atomic E-state index is 1.37. The Bertz CT molecular complexity index is 87.0. The zero-order valence-electron chi connectivity index (χ0n) is 4.20. The van der Waals surface area contributed by atoms with Gasteiger partial charge < -0.3 is 4.43 Å². The zero-order chi connectivity index (χ0) is 6.62. The third-order valence-corrected chi connectivity index (χ3v) is 1.54. The molecule has 0 heterocycles. The maximum atomic E-state index is 5.31. The van der Waals surface area contributed by atoms with Crippen molar-refractivity contribution in [2.75, 3.05) is 0 Å². The molecule has 0 saturated heterocycles. The molecule has 0 atom stereocenters. The first-order valence-corrected chi connectivity index (χ1v) is 6.86. The maximum absolute atomic E-state index is 5.31. The number of hydrogen-bond donors (Lipinski definition) is 0. The first-order valence-electron chi connectivity index (χ1n) is 1.92. The largest absolute Gasteiger partial charge is 0.555 e. The lowest BCUT2D eigenvalue weighted by Gasteiger charge is -2.03. The molecule has 0 aliphatic heterocycles.